The number of rotatable bonds is 9. The van der Waals surface area contributed by atoms with E-state index in [1.807, 2.05) is 0 Å². The Labute approximate surface area is 203 Å². The molecule has 14 heteroatoms. The van der Waals surface area contributed by atoms with E-state index in [0.29, 0.717) is 5.57 Å². The SMILES string of the molecule is CO[C@@]1(NC(=O)CS(C)=O)C(=O)N2C(C(=O)OCOC(=O)C(C)(C)C)=C(COC(C)=O)CS[C@H]21. The third-order valence-electron chi connectivity index (χ3n) is 4.73. The van der Waals surface area contributed by atoms with Crippen LogP contribution in [-0.4, -0.2) is 88.2 Å². The van der Waals surface area contributed by atoms with Gasteiger partial charge in [-0.25, -0.2) is 4.79 Å². The molecule has 12 nitrogen and oxygen atoms in total. The number of carbonyl (C=O) groups excluding carboxylic acids is 5. The van der Waals surface area contributed by atoms with Gasteiger partial charge in [0.05, 0.1) is 5.41 Å². The van der Waals surface area contributed by atoms with Crippen LogP contribution < -0.4 is 5.32 Å². The van der Waals surface area contributed by atoms with Crippen molar-refractivity contribution < 1.29 is 47.1 Å². The zero-order valence-electron chi connectivity index (χ0n) is 19.8. The molecule has 0 spiro atoms. The highest BCUT2D eigenvalue weighted by Crippen LogP contribution is 2.46. The van der Waals surface area contributed by atoms with Crippen LogP contribution in [0, 0.1) is 5.41 Å². The molecule has 0 saturated carbocycles. The number of thioether (sulfide) groups is 1. The normalized spacial score (nSPS) is 22.8. The van der Waals surface area contributed by atoms with Gasteiger partial charge >= 0.3 is 17.9 Å². The van der Waals surface area contributed by atoms with Gasteiger partial charge in [0.2, 0.25) is 12.7 Å². The van der Waals surface area contributed by atoms with Crippen LogP contribution >= 0.6 is 11.8 Å². The van der Waals surface area contributed by atoms with Crippen LogP contribution in [0.5, 0.6) is 0 Å². The van der Waals surface area contributed by atoms with E-state index >= 15 is 0 Å². The monoisotopic (exact) mass is 520 g/mol. The van der Waals surface area contributed by atoms with Gasteiger partial charge in [0.25, 0.3) is 11.6 Å². The predicted octanol–water partition coefficient (Wildman–Crippen LogP) is -0.354. The molecule has 0 aromatic rings. The number of hydrogen-bond acceptors (Lipinski definition) is 11. The number of nitrogens with one attached hydrogen (secondary N) is 1. The van der Waals surface area contributed by atoms with Crippen molar-refractivity contribution in [3.63, 3.8) is 0 Å². The molecule has 0 bridgehead atoms. The Bertz CT molecular complexity index is 942. The first-order valence-corrected chi connectivity index (χ1v) is 12.8. The number of β-lactam (4-membered cyclic amide) rings is 1. The molecule has 1 unspecified atom stereocenters. The Morgan fingerprint density at radius 3 is 2.38 bits per heavy atom. The van der Waals surface area contributed by atoms with Gasteiger partial charge in [0, 0.05) is 42.4 Å². The van der Waals surface area contributed by atoms with Gasteiger partial charge in [-0.05, 0) is 20.8 Å². The summed E-state index contributed by atoms with van der Waals surface area (Å²) in [5.74, 6) is -3.78. The molecule has 0 radical (unpaired) electrons. The minimum Gasteiger partial charge on any atom is -0.461 e. The van der Waals surface area contributed by atoms with E-state index in [-0.39, 0.29) is 23.8 Å². The predicted molar refractivity (Wildman–Crippen MR) is 120 cm³/mol. The number of hydrogen-bond donors (Lipinski definition) is 1. The Hall–Kier alpha value is -2.45. The number of methoxy groups -OCH3 is 1. The van der Waals surface area contributed by atoms with Crippen molar-refractivity contribution in [1.29, 1.82) is 0 Å². The maximum absolute atomic E-state index is 13.1. The molecule has 2 aliphatic rings. The summed E-state index contributed by atoms with van der Waals surface area (Å²) in [5, 5.41) is 1.62. The van der Waals surface area contributed by atoms with Crippen LogP contribution in [0.25, 0.3) is 0 Å². The second-order valence-corrected chi connectivity index (χ2v) is 11.0. The smallest absolute Gasteiger partial charge is 0.358 e. The summed E-state index contributed by atoms with van der Waals surface area (Å²) in [5.41, 5.74) is -2.49. The van der Waals surface area contributed by atoms with Crippen LogP contribution in [-0.2, 0) is 53.7 Å². The second kappa shape index (κ2) is 10.9. The number of carbonyl (C=O) groups is 5. The van der Waals surface area contributed by atoms with Gasteiger partial charge in [-0.2, -0.15) is 0 Å². The Morgan fingerprint density at radius 1 is 1.21 bits per heavy atom. The molecule has 2 heterocycles. The number of amides is 2. The summed E-state index contributed by atoms with van der Waals surface area (Å²) in [6.07, 6.45) is 1.34. The molecule has 3 atom stereocenters. The third kappa shape index (κ3) is 5.96. The van der Waals surface area contributed by atoms with E-state index in [1.54, 1.807) is 20.8 Å². The van der Waals surface area contributed by atoms with Gasteiger partial charge in [-0.1, -0.05) is 0 Å². The molecule has 2 rings (SSSR count). The van der Waals surface area contributed by atoms with Crippen molar-refractivity contribution in [3.05, 3.63) is 11.3 Å². The van der Waals surface area contributed by atoms with Gasteiger partial charge in [0.1, 0.15) is 23.4 Å². The molecule has 2 aliphatic heterocycles. The summed E-state index contributed by atoms with van der Waals surface area (Å²) in [7, 11) is -0.222. The third-order valence-corrected chi connectivity index (χ3v) is 6.77. The minimum absolute atomic E-state index is 0.147. The lowest BCUT2D eigenvalue weighted by Crippen LogP contribution is -2.81. The Morgan fingerprint density at radius 2 is 1.85 bits per heavy atom. The van der Waals surface area contributed by atoms with Gasteiger partial charge in [-0.3, -0.25) is 28.3 Å². The van der Waals surface area contributed by atoms with Crippen molar-refractivity contribution in [2.75, 3.05) is 38.3 Å². The molecular weight excluding hydrogens is 492 g/mol. The Balaban J connectivity index is 2.27. The van der Waals surface area contributed by atoms with Gasteiger partial charge in [-0.15, -0.1) is 11.8 Å². The molecule has 0 aromatic carbocycles. The fraction of sp³-hybridized carbons (Fsp3) is 0.650. The molecular formula is C20H28N2O10S2. The van der Waals surface area contributed by atoms with E-state index in [0.717, 1.165) is 4.90 Å². The standard InChI is InChI=1S/C20H28N2O10S2/c1-11(23)30-7-12-8-33-17-20(29-5,21-13(24)9-34(6)28)16(26)22(17)14(12)15(25)31-10-32-18(27)19(2,3)4/h17H,7-10H2,1-6H3,(H,21,24)/t17-,20-,34?/m0/s1. The van der Waals surface area contributed by atoms with E-state index < -0.39 is 63.8 Å². The topological polar surface area (TPSA) is 155 Å². The highest BCUT2D eigenvalue weighted by atomic mass is 32.2. The average molecular weight is 521 g/mol. The van der Waals surface area contributed by atoms with Crippen molar-refractivity contribution in [3.8, 4) is 0 Å². The zero-order valence-corrected chi connectivity index (χ0v) is 21.4. The van der Waals surface area contributed by atoms with Crippen LogP contribution in [0.2, 0.25) is 0 Å². The maximum atomic E-state index is 13.1. The summed E-state index contributed by atoms with van der Waals surface area (Å²) in [6, 6.07) is 0. The lowest BCUT2D eigenvalue weighted by atomic mass is 9.97. The summed E-state index contributed by atoms with van der Waals surface area (Å²) in [4.78, 5) is 62.5. The largest absolute Gasteiger partial charge is 0.461 e. The fourth-order valence-electron chi connectivity index (χ4n) is 3.08. The summed E-state index contributed by atoms with van der Waals surface area (Å²) < 4.78 is 31.8. The molecule has 34 heavy (non-hydrogen) atoms. The molecule has 0 aliphatic carbocycles. The number of esters is 3. The first-order chi connectivity index (χ1) is 15.7. The summed E-state index contributed by atoms with van der Waals surface area (Å²) >= 11 is 1.17. The summed E-state index contributed by atoms with van der Waals surface area (Å²) in [6.45, 7) is 5.13. The van der Waals surface area contributed by atoms with Crippen LogP contribution in [0.3, 0.4) is 0 Å². The van der Waals surface area contributed by atoms with Crippen molar-refractivity contribution in [1.82, 2.24) is 10.2 Å². The highest BCUT2D eigenvalue weighted by molar-refractivity contribution is 8.00. The molecule has 1 N–H and O–H groups in total. The van der Waals surface area contributed by atoms with Crippen LogP contribution in [0.4, 0.5) is 0 Å². The van der Waals surface area contributed by atoms with Crippen molar-refractivity contribution in [2.45, 2.75) is 38.8 Å². The molecule has 190 valence electrons. The van der Waals surface area contributed by atoms with Gasteiger partial charge < -0.3 is 24.3 Å². The van der Waals surface area contributed by atoms with E-state index in [2.05, 4.69) is 5.32 Å². The van der Waals surface area contributed by atoms with Crippen molar-refractivity contribution >= 4 is 52.3 Å². The van der Waals surface area contributed by atoms with E-state index in [1.165, 1.54) is 32.1 Å². The minimum atomic E-state index is -1.78. The first kappa shape index (κ1) is 27.8. The quantitative estimate of drug-likeness (QED) is 0.241. The van der Waals surface area contributed by atoms with Crippen molar-refractivity contribution in [2.24, 2.45) is 5.41 Å². The average Bonchev–Trinajstić information content (AvgIpc) is 2.73. The van der Waals surface area contributed by atoms with Crippen LogP contribution in [0.1, 0.15) is 27.7 Å². The van der Waals surface area contributed by atoms with E-state index in [4.69, 9.17) is 18.9 Å². The first-order valence-electron chi connectivity index (χ1n) is 10.1. The highest BCUT2D eigenvalue weighted by Gasteiger charge is 2.66. The lowest BCUT2D eigenvalue weighted by molar-refractivity contribution is -0.194. The maximum Gasteiger partial charge on any atom is 0.358 e. The van der Waals surface area contributed by atoms with Crippen LogP contribution in [0.15, 0.2) is 11.3 Å². The lowest BCUT2D eigenvalue weighted by Gasteiger charge is -2.55. The van der Waals surface area contributed by atoms with E-state index in [9.17, 15) is 28.2 Å². The second-order valence-electron chi connectivity index (χ2n) is 8.51. The molecule has 0 aromatic heterocycles. The zero-order chi connectivity index (χ0) is 25.8. The molecule has 1 saturated heterocycles. The number of nitrogens with zero attached hydrogens (tertiary/aromatic N) is 1. The molecule has 1 fully saturated rings. The fourth-order valence-corrected chi connectivity index (χ4v) is 4.94. The Kier molecular flexibility index (Phi) is 8.88. The molecule has 2 amide bonds. The number of ether oxygens (including phenoxy) is 4. The van der Waals surface area contributed by atoms with Gasteiger partial charge in [0.15, 0.2) is 0 Å². The number of fused-ring (bicyclic) bond motifs is 1.